The molecular formula is C28H43N5O2. The van der Waals surface area contributed by atoms with Crippen LogP contribution >= 0.6 is 0 Å². The number of amides is 3. The maximum Gasteiger partial charge on any atom is 0.319 e. The fraction of sp³-hybridized carbons (Fsp3) is 0.679. The number of rotatable bonds is 9. The van der Waals surface area contributed by atoms with E-state index in [0.29, 0.717) is 24.3 Å². The molecule has 192 valence electrons. The zero-order valence-electron chi connectivity index (χ0n) is 21.3. The lowest BCUT2D eigenvalue weighted by molar-refractivity contribution is -0.132. The third-order valence-corrected chi connectivity index (χ3v) is 8.16. The van der Waals surface area contributed by atoms with E-state index in [4.69, 9.17) is 10.7 Å². The van der Waals surface area contributed by atoms with Crippen molar-refractivity contribution in [3.8, 4) is 0 Å². The Labute approximate surface area is 210 Å². The predicted molar refractivity (Wildman–Crippen MR) is 141 cm³/mol. The van der Waals surface area contributed by atoms with E-state index in [1.165, 1.54) is 32.1 Å². The maximum absolute atomic E-state index is 13.7. The number of urea groups is 1. The molecule has 3 amide bonds. The number of benzene rings is 1. The highest BCUT2D eigenvalue weighted by molar-refractivity contribution is 6.06. The van der Waals surface area contributed by atoms with Crippen LogP contribution in [0.3, 0.4) is 0 Å². The first-order chi connectivity index (χ1) is 17.0. The topological polar surface area (TPSA) is 99.8 Å². The van der Waals surface area contributed by atoms with Crippen molar-refractivity contribution in [2.24, 2.45) is 22.6 Å². The van der Waals surface area contributed by atoms with Crippen LogP contribution in [-0.4, -0.2) is 40.9 Å². The minimum Gasteiger partial charge on any atom is -0.369 e. The lowest BCUT2D eigenvalue weighted by Gasteiger charge is -2.36. The van der Waals surface area contributed by atoms with Crippen LogP contribution in [-0.2, 0) is 4.79 Å². The highest BCUT2D eigenvalue weighted by Crippen LogP contribution is 2.40. The average Bonchev–Trinajstić information content (AvgIpc) is 3.09. The molecule has 0 bridgehead atoms. The zero-order valence-corrected chi connectivity index (χ0v) is 21.3. The van der Waals surface area contributed by atoms with Gasteiger partial charge in [-0.3, -0.25) is 9.69 Å². The average molecular weight is 482 g/mol. The number of nitrogens with zero attached hydrogens (tertiary/aromatic N) is 2. The van der Waals surface area contributed by atoms with E-state index in [1.807, 2.05) is 30.3 Å². The predicted octanol–water partition coefficient (Wildman–Crippen LogP) is 5.42. The van der Waals surface area contributed by atoms with Crippen LogP contribution in [0.2, 0.25) is 0 Å². The minimum absolute atomic E-state index is 0.101. The number of carbonyl (C=O) groups is 2. The van der Waals surface area contributed by atoms with Crippen molar-refractivity contribution in [1.29, 1.82) is 0 Å². The van der Waals surface area contributed by atoms with Gasteiger partial charge in [0.15, 0.2) is 5.96 Å². The number of hydrogen-bond acceptors (Lipinski definition) is 4. The monoisotopic (exact) mass is 481 g/mol. The molecule has 3 atom stereocenters. The van der Waals surface area contributed by atoms with Gasteiger partial charge in [-0.1, -0.05) is 70.1 Å². The maximum atomic E-state index is 13.7. The molecule has 2 fully saturated rings. The van der Waals surface area contributed by atoms with Gasteiger partial charge >= 0.3 is 6.03 Å². The molecule has 35 heavy (non-hydrogen) atoms. The summed E-state index contributed by atoms with van der Waals surface area (Å²) in [4.78, 5) is 32.9. The fourth-order valence-electron chi connectivity index (χ4n) is 6.40. The van der Waals surface area contributed by atoms with E-state index in [9.17, 15) is 9.59 Å². The molecule has 0 radical (unpaired) electrons. The van der Waals surface area contributed by atoms with Gasteiger partial charge in [0.1, 0.15) is 5.54 Å². The molecule has 7 heteroatoms. The van der Waals surface area contributed by atoms with Gasteiger partial charge in [0.05, 0.1) is 0 Å². The van der Waals surface area contributed by atoms with Crippen molar-refractivity contribution in [1.82, 2.24) is 10.2 Å². The van der Waals surface area contributed by atoms with Gasteiger partial charge in [-0.2, -0.15) is 0 Å². The van der Waals surface area contributed by atoms with Gasteiger partial charge in [-0.25, -0.2) is 9.79 Å². The molecule has 0 spiro atoms. The molecule has 1 aliphatic heterocycles. The van der Waals surface area contributed by atoms with Crippen LogP contribution in [0, 0.1) is 11.8 Å². The quantitative estimate of drug-likeness (QED) is 0.439. The van der Waals surface area contributed by atoms with E-state index in [2.05, 4.69) is 17.6 Å². The Kier molecular flexibility index (Phi) is 8.69. The van der Waals surface area contributed by atoms with Crippen LogP contribution in [0.5, 0.6) is 0 Å². The third kappa shape index (κ3) is 6.56. The van der Waals surface area contributed by atoms with Crippen molar-refractivity contribution < 1.29 is 9.59 Å². The van der Waals surface area contributed by atoms with Gasteiger partial charge in [0, 0.05) is 18.3 Å². The lowest BCUT2D eigenvalue weighted by Crippen LogP contribution is -2.47. The highest BCUT2D eigenvalue weighted by Gasteiger charge is 2.48. The van der Waals surface area contributed by atoms with Gasteiger partial charge in [0.25, 0.3) is 5.91 Å². The molecule has 3 aliphatic rings. The summed E-state index contributed by atoms with van der Waals surface area (Å²) in [6, 6.07) is 9.46. The molecule has 4 N–H and O–H groups in total. The van der Waals surface area contributed by atoms with E-state index >= 15 is 0 Å². The van der Waals surface area contributed by atoms with Crippen molar-refractivity contribution >= 4 is 23.6 Å². The number of nitrogens with one attached hydrogen (secondary N) is 2. The first kappa shape index (κ1) is 25.5. The second-order valence-electron chi connectivity index (χ2n) is 10.9. The largest absolute Gasteiger partial charge is 0.369 e. The Morgan fingerprint density at radius 3 is 2.57 bits per heavy atom. The van der Waals surface area contributed by atoms with E-state index in [0.717, 1.165) is 57.1 Å². The Morgan fingerprint density at radius 2 is 1.83 bits per heavy atom. The van der Waals surface area contributed by atoms with Crippen LogP contribution < -0.4 is 16.4 Å². The standard InChI is InChI=1S/C28H43N5O2/c1-2-18-33-25(34)28(32-26(33)29,17-16-21-10-5-3-6-11-21)20-22-12-9-15-24(19-22)31-27(35)30-23-13-7-4-8-14-23/h4,7-8,13-14,21-22,24H,2-3,5-6,9-12,15-20H2,1H3,(H2,29,32)(H2,30,31,35)/t22-,24+,28+/m0/s1. The Morgan fingerprint density at radius 1 is 1.09 bits per heavy atom. The van der Waals surface area contributed by atoms with Crippen molar-refractivity contribution in [2.45, 2.75) is 102 Å². The summed E-state index contributed by atoms with van der Waals surface area (Å²) in [5, 5.41) is 6.09. The minimum atomic E-state index is -0.727. The van der Waals surface area contributed by atoms with E-state index in [-0.39, 0.29) is 18.0 Å². The second-order valence-corrected chi connectivity index (χ2v) is 10.9. The smallest absolute Gasteiger partial charge is 0.319 e. The third-order valence-electron chi connectivity index (χ3n) is 8.16. The number of carbonyl (C=O) groups excluding carboxylic acids is 2. The number of guanidine groups is 1. The number of anilines is 1. The van der Waals surface area contributed by atoms with Crippen LogP contribution in [0.15, 0.2) is 35.3 Å². The van der Waals surface area contributed by atoms with Crippen LogP contribution in [0.25, 0.3) is 0 Å². The summed E-state index contributed by atoms with van der Waals surface area (Å²) in [6.45, 7) is 2.70. The molecule has 1 aromatic rings. The van der Waals surface area contributed by atoms with Crippen molar-refractivity contribution in [3.63, 3.8) is 0 Å². The van der Waals surface area contributed by atoms with Crippen molar-refractivity contribution in [3.05, 3.63) is 30.3 Å². The molecular weight excluding hydrogens is 438 g/mol. The Bertz CT molecular complexity index is 883. The molecule has 2 aliphatic carbocycles. The van der Waals surface area contributed by atoms with E-state index < -0.39 is 5.54 Å². The van der Waals surface area contributed by atoms with Crippen LogP contribution in [0.4, 0.5) is 10.5 Å². The Hall–Kier alpha value is -2.57. The normalized spacial score (nSPS) is 27.5. The number of aliphatic imine (C=N–C) groups is 1. The molecule has 4 rings (SSSR count). The number of nitrogens with two attached hydrogens (primary N) is 1. The summed E-state index contributed by atoms with van der Waals surface area (Å²) in [5.74, 6) is 1.55. The molecule has 1 heterocycles. The summed E-state index contributed by atoms with van der Waals surface area (Å²) >= 11 is 0. The van der Waals surface area contributed by atoms with E-state index in [1.54, 1.807) is 4.90 Å². The SMILES string of the molecule is CCCN1C(=O)[C@@](CCC2CCCCC2)(C[C@H]2CCC[C@@H](NC(=O)Nc3ccccc3)C2)N=C1N. The first-order valence-electron chi connectivity index (χ1n) is 13.8. The van der Waals surface area contributed by atoms with Gasteiger partial charge < -0.3 is 16.4 Å². The van der Waals surface area contributed by atoms with Gasteiger partial charge in [-0.15, -0.1) is 0 Å². The first-order valence-corrected chi connectivity index (χ1v) is 13.8. The molecule has 7 nitrogen and oxygen atoms in total. The molecule has 2 saturated carbocycles. The van der Waals surface area contributed by atoms with Crippen LogP contribution in [0.1, 0.15) is 90.4 Å². The second kappa shape index (κ2) is 11.9. The lowest BCUT2D eigenvalue weighted by atomic mass is 9.74. The highest BCUT2D eigenvalue weighted by atomic mass is 16.2. The van der Waals surface area contributed by atoms with Crippen molar-refractivity contribution in [2.75, 3.05) is 11.9 Å². The van der Waals surface area contributed by atoms with Gasteiger partial charge in [-0.05, 0) is 62.5 Å². The molecule has 0 unspecified atom stereocenters. The molecule has 1 aromatic carbocycles. The fourth-order valence-corrected chi connectivity index (χ4v) is 6.40. The molecule has 0 saturated heterocycles. The summed E-state index contributed by atoms with van der Waals surface area (Å²) < 4.78 is 0. The van der Waals surface area contributed by atoms with Gasteiger partial charge in [0.2, 0.25) is 0 Å². The summed E-state index contributed by atoms with van der Waals surface area (Å²) in [5.41, 5.74) is 6.36. The number of hydrogen-bond donors (Lipinski definition) is 3. The summed E-state index contributed by atoms with van der Waals surface area (Å²) in [6.07, 6.45) is 13.9. The summed E-state index contributed by atoms with van der Waals surface area (Å²) in [7, 11) is 0. The number of para-hydroxylation sites is 1. The molecule has 0 aromatic heterocycles. The zero-order chi connectivity index (χ0) is 24.7. The Balaban J connectivity index is 1.40.